The van der Waals surface area contributed by atoms with Gasteiger partial charge in [0.05, 0.1) is 17.7 Å². The topological polar surface area (TPSA) is 97.4 Å². The third-order valence-corrected chi connectivity index (χ3v) is 5.64. The first kappa shape index (κ1) is 25.6. The molecule has 0 aromatic heterocycles. The normalized spacial score (nSPS) is 22.3. The Balaban J connectivity index is 2.44. The van der Waals surface area contributed by atoms with E-state index in [-0.39, 0.29) is 49.0 Å². The third kappa shape index (κ3) is 6.43. The van der Waals surface area contributed by atoms with Gasteiger partial charge in [0.1, 0.15) is 19.0 Å². The van der Waals surface area contributed by atoms with Gasteiger partial charge >= 0.3 is 0 Å². The van der Waals surface area contributed by atoms with Gasteiger partial charge in [-0.3, -0.25) is 14.4 Å². The number of methoxy groups -OCH3 is 2. The van der Waals surface area contributed by atoms with E-state index in [0.717, 1.165) is 0 Å². The quantitative estimate of drug-likeness (QED) is 0.739. The summed E-state index contributed by atoms with van der Waals surface area (Å²) >= 11 is 0. The van der Waals surface area contributed by atoms with Crippen LogP contribution in [0.25, 0.3) is 0 Å². The van der Waals surface area contributed by atoms with Crippen LogP contribution >= 0.6 is 0 Å². The number of rotatable bonds is 5. The fourth-order valence-electron chi connectivity index (χ4n) is 3.65. The molecular formula is C23H35N3O6. The SMILES string of the molecule is CCC(=O)Nc1ccc2c(c1)OC[C@@H](C)N(C(=O)COC)C[C@H](C)[C@@H](OC)CN(C)C2=O. The molecule has 178 valence electrons. The van der Waals surface area contributed by atoms with Crippen molar-refractivity contribution in [2.24, 2.45) is 5.92 Å². The lowest BCUT2D eigenvalue weighted by molar-refractivity contribution is -0.139. The highest BCUT2D eigenvalue weighted by molar-refractivity contribution is 5.98. The molecule has 0 unspecified atom stereocenters. The molecule has 9 nitrogen and oxygen atoms in total. The third-order valence-electron chi connectivity index (χ3n) is 5.64. The summed E-state index contributed by atoms with van der Waals surface area (Å²) in [6, 6.07) is 4.70. The lowest BCUT2D eigenvalue weighted by Crippen LogP contribution is -2.49. The highest BCUT2D eigenvalue weighted by atomic mass is 16.5. The number of carbonyl (C=O) groups is 3. The predicted molar refractivity (Wildman–Crippen MR) is 121 cm³/mol. The fraction of sp³-hybridized carbons (Fsp3) is 0.609. The van der Waals surface area contributed by atoms with Crippen molar-refractivity contribution in [1.82, 2.24) is 9.80 Å². The number of likely N-dealkylation sites (N-methyl/N-ethyl adjacent to an activating group) is 1. The average molecular weight is 450 g/mol. The molecule has 0 saturated carbocycles. The maximum Gasteiger partial charge on any atom is 0.257 e. The minimum Gasteiger partial charge on any atom is -0.491 e. The van der Waals surface area contributed by atoms with Crippen molar-refractivity contribution in [3.63, 3.8) is 0 Å². The number of benzene rings is 1. The average Bonchev–Trinajstić information content (AvgIpc) is 2.78. The van der Waals surface area contributed by atoms with Crippen molar-refractivity contribution in [3.05, 3.63) is 23.8 Å². The highest BCUT2D eigenvalue weighted by Crippen LogP contribution is 2.27. The van der Waals surface area contributed by atoms with Gasteiger partial charge in [0.25, 0.3) is 5.91 Å². The zero-order chi connectivity index (χ0) is 23.8. The molecule has 3 atom stereocenters. The minimum absolute atomic E-state index is 0.0240. The standard InChI is InChI=1S/C23H35N3O6/c1-7-21(27)24-17-8-9-18-19(10-17)32-13-16(3)26(22(28)14-30-5)11-15(2)20(31-6)12-25(4)23(18)29/h8-10,15-16,20H,7,11-14H2,1-6H3,(H,24,27)/t15-,16+,20-/m0/s1. The Labute approximate surface area is 190 Å². The van der Waals surface area contributed by atoms with E-state index in [2.05, 4.69) is 5.32 Å². The molecule has 2 rings (SSSR count). The van der Waals surface area contributed by atoms with Crippen LogP contribution in [0.15, 0.2) is 18.2 Å². The van der Waals surface area contributed by atoms with Gasteiger partial charge < -0.3 is 29.3 Å². The molecule has 32 heavy (non-hydrogen) atoms. The number of amides is 3. The summed E-state index contributed by atoms with van der Waals surface area (Å²) in [6.07, 6.45) is 0.0741. The van der Waals surface area contributed by atoms with Crippen LogP contribution < -0.4 is 10.1 Å². The molecule has 0 aliphatic carbocycles. The van der Waals surface area contributed by atoms with Crippen molar-refractivity contribution < 1.29 is 28.6 Å². The Bertz CT molecular complexity index is 815. The summed E-state index contributed by atoms with van der Waals surface area (Å²) < 4.78 is 16.8. The van der Waals surface area contributed by atoms with Gasteiger partial charge in [-0.2, -0.15) is 0 Å². The van der Waals surface area contributed by atoms with Crippen LogP contribution in [0, 0.1) is 5.92 Å². The van der Waals surface area contributed by atoms with Crippen LogP contribution in [0.3, 0.4) is 0 Å². The first-order valence-electron chi connectivity index (χ1n) is 10.8. The summed E-state index contributed by atoms with van der Waals surface area (Å²) in [5, 5.41) is 2.79. The Morgan fingerprint density at radius 3 is 2.56 bits per heavy atom. The van der Waals surface area contributed by atoms with Gasteiger partial charge in [-0.25, -0.2) is 0 Å². The zero-order valence-corrected chi connectivity index (χ0v) is 19.8. The Morgan fingerprint density at radius 2 is 1.94 bits per heavy atom. The van der Waals surface area contributed by atoms with Crippen molar-refractivity contribution in [2.75, 3.05) is 52.9 Å². The van der Waals surface area contributed by atoms with Gasteiger partial charge in [-0.15, -0.1) is 0 Å². The molecule has 1 aliphatic rings. The molecule has 9 heteroatoms. The predicted octanol–water partition coefficient (Wildman–Crippen LogP) is 2.01. The van der Waals surface area contributed by atoms with Crippen LogP contribution in [0.4, 0.5) is 5.69 Å². The molecule has 0 saturated heterocycles. The lowest BCUT2D eigenvalue weighted by Gasteiger charge is -2.36. The number of anilines is 1. The second-order valence-electron chi connectivity index (χ2n) is 8.19. The number of carbonyl (C=O) groups excluding carboxylic acids is 3. The van der Waals surface area contributed by atoms with Crippen molar-refractivity contribution >= 4 is 23.4 Å². The van der Waals surface area contributed by atoms with Crippen LogP contribution in [0.1, 0.15) is 37.6 Å². The number of hydrogen-bond acceptors (Lipinski definition) is 6. The van der Waals surface area contributed by atoms with Crippen LogP contribution in [-0.2, 0) is 19.1 Å². The summed E-state index contributed by atoms with van der Waals surface area (Å²) in [6.45, 7) is 6.59. The Kier molecular flexibility index (Phi) is 9.46. The zero-order valence-electron chi connectivity index (χ0n) is 19.8. The Hall–Kier alpha value is -2.65. The first-order valence-corrected chi connectivity index (χ1v) is 10.8. The molecular weight excluding hydrogens is 414 g/mol. The second-order valence-corrected chi connectivity index (χ2v) is 8.19. The van der Waals surface area contributed by atoms with Gasteiger partial charge in [-0.1, -0.05) is 13.8 Å². The van der Waals surface area contributed by atoms with E-state index in [0.29, 0.717) is 36.5 Å². The number of ether oxygens (including phenoxy) is 3. The van der Waals surface area contributed by atoms with E-state index in [1.165, 1.54) is 7.11 Å². The van der Waals surface area contributed by atoms with Gasteiger partial charge in [0.15, 0.2) is 0 Å². The van der Waals surface area contributed by atoms with Crippen molar-refractivity contribution in [2.45, 2.75) is 39.3 Å². The molecule has 1 heterocycles. The van der Waals surface area contributed by atoms with Crippen molar-refractivity contribution in [1.29, 1.82) is 0 Å². The molecule has 1 N–H and O–H groups in total. The number of nitrogens with one attached hydrogen (secondary N) is 1. The monoisotopic (exact) mass is 449 g/mol. The smallest absolute Gasteiger partial charge is 0.257 e. The number of hydrogen-bond donors (Lipinski definition) is 1. The molecule has 0 radical (unpaired) electrons. The first-order chi connectivity index (χ1) is 15.2. The maximum atomic E-state index is 13.2. The molecule has 3 amide bonds. The van der Waals surface area contributed by atoms with E-state index in [4.69, 9.17) is 14.2 Å². The van der Waals surface area contributed by atoms with Gasteiger partial charge in [0.2, 0.25) is 11.8 Å². The van der Waals surface area contributed by atoms with E-state index in [1.54, 1.807) is 49.1 Å². The van der Waals surface area contributed by atoms with Crippen LogP contribution in [0.5, 0.6) is 5.75 Å². The van der Waals surface area contributed by atoms with Crippen LogP contribution in [0.2, 0.25) is 0 Å². The molecule has 0 spiro atoms. The molecule has 1 aliphatic heterocycles. The van der Waals surface area contributed by atoms with E-state index in [9.17, 15) is 14.4 Å². The van der Waals surface area contributed by atoms with E-state index < -0.39 is 0 Å². The summed E-state index contributed by atoms with van der Waals surface area (Å²) in [7, 11) is 4.80. The lowest BCUT2D eigenvalue weighted by atomic mass is 10.0. The van der Waals surface area contributed by atoms with E-state index >= 15 is 0 Å². The molecule has 0 fully saturated rings. The Morgan fingerprint density at radius 1 is 1.22 bits per heavy atom. The van der Waals surface area contributed by atoms with E-state index in [1.807, 2.05) is 13.8 Å². The highest BCUT2D eigenvalue weighted by Gasteiger charge is 2.30. The maximum absolute atomic E-state index is 13.2. The molecule has 1 aromatic rings. The second kappa shape index (κ2) is 11.8. The van der Waals surface area contributed by atoms with Crippen LogP contribution in [-0.4, -0.2) is 87.2 Å². The molecule has 1 aromatic carbocycles. The summed E-state index contributed by atoms with van der Waals surface area (Å²) in [4.78, 5) is 41.0. The van der Waals surface area contributed by atoms with Gasteiger partial charge in [0, 0.05) is 58.4 Å². The van der Waals surface area contributed by atoms with Gasteiger partial charge in [-0.05, 0) is 19.1 Å². The molecule has 0 bridgehead atoms. The summed E-state index contributed by atoms with van der Waals surface area (Å²) in [5.74, 6) is -0.157. The number of fused-ring (bicyclic) bond motifs is 1. The largest absolute Gasteiger partial charge is 0.491 e. The summed E-state index contributed by atoms with van der Waals surface area (Å²) in [5.41, 5.74) is 0.925. The number of nitrogens with zero attached hydrogens (tertiary/aromatic N) is 2. The fourth-order valence-corrected chi connectivity index (χ4v) is 3.65. The minimum atomic E-state index is -0.272. The van der Waals surface area contributed by atoms with Crippen molar-refractivity contribution in [3.8, 4) is 5.75 Å².